The lowest BCUT2D eigenvalue weighted by Gasteiger charge is -2.64. The van der Waals surface area contributed by atoms with Crippen LogP contribution in [0.3, 0.4) is 0 Å². The fraction of sp³-hybridized carbons (Fsp3) is 0.833. The van der Waals surface area contributed by atoms with E-state index in [-0.39, 0.29) is 45.2 Å². The Morgan fingerprint density at radius 2 is 1.84 bits per heavy atom. The molecule has 3 aliphatic carbocycles. The smallest absolute Gasteiger partial charge is 0.188 e. The fourth-order valence-electron chi connectivity index (χ4n) is 10.1. The SMILES string of the molecule is CC(=O)C[C@@H]1[C@@]2(C)C=C(C#N)C(=O)C(C)(C)[C@@H]2CC[C@@]1(C)C(C)(C)CC[C@@]1(CNCc2nnn(C)n2)CCC(C)(C)CC1C. The molecular weight excluding hydrogens is 548 g/mol. The van der Waals surface area contributed by atoms with Gasteiger partial charge >= 0.3 is 0 Å². The Labute approximate surface area is 266 Å². The number of Topliss-reactive ketones (excluding diaryl/α,β-unsaturated/α-hetero) is 2. The topological polar surface area (TPSA) is 114 Å². The lowest BCUT2D eigenvalue weighted by atomic mass is 9.39. The van der Waals surface area contributed by atoms with Crippen molar-refractivity contribution in [2.75, 3.05) is 6.54 Å². The molecule has 2 fully saturated rings. The summed E-state index contributed by atoms with van der Waals surface area (Å²) in [6.07, 6.45) is 10.1. The molecule has 1 aromatic rings. The maximum Gasteiger partial charge on any atom is 0.188 e. The average molecular weight is 607 g/mol. The first-order valence-corrected chi connectivity index (χ1v) is 16.8. The number of rotatable bonds is 10. The zero-order valence-electron chi connectivity index (χ0n) is 29.4. The van der Waals surface area contributed by atoms with Gasteiger partial charge in [-0.15, -0.1) is 10.2 Å². The minimum atomic E-state index is -0.632. The third-order valence-corrected chi connectivity index (χ3v) is 13.3. The third-order valence-electron chi connectivity index (χ3n) is 13.3. The molecule has 8 heteroatoms. The molecule has 0 aromatic carbocycles. The summed E-state index contributed by atoms with van der Waals surface area (Å²) in [5, 5.41) is 26.3. The summed E-state index contributed by atoms with van der Waals surface area (Å²) in [6, 6.07) is 2.23. The number of ketones is 2. The van der Waals surface area contributed by atoms with E-state index in [1.165, 1.54) is 24.1 Å². The Hall–Kier alpha value is -2.40. The predicted octanol–water partition coefficient (Wildman–Crippen LogP) is 7.02. The number of aryl methyl sites for hydroxylation is 1. The minimum absolute atomic E-state index is 0.0384. The second kappa shape index (κ2) is 11.8. The van der Waals surface area contributed by atoms with E-state index < -0.39 is 10.8 Å². The van der Waals surface area contributed by atoms with E-state index in [1.54, 1.807) is 14.0 Å². The van der Waals surface area contributed by atoms with Crippen molar-refractivity contribution < 1.29 is 9.59 Å². The third kappa shape index (κ3) is 6.07. The van der Waals surface area contributed by atoms with Gasteiger partial charge in [0.1, 0.15) is 11.9 Å². The maximum atomic E-state index is 13.4. The highest BCUT2D eigenvalue weighted by Gasteiger charge is 2.63. The van der Waals surface area contributed by atoms with Gasteiger partial charge in [0.2, 0.25) is 0 Å². The molecule has 244 valence electrons. The van der Waals surface area contributed by atoms with E-state index in [1.807, 2.05) is 19.9 Å². The molecule has 4 rings (SSSR count). The highest BCUT2D eigenvalue weighted by molar-refractivity contribution is 6.04. The number of nitrogens with zero attached hydrogens (tertiary/aromatic N) is 5. The van der Waals surface area contributed by atoms with Gasteiger partial charge in [-0.2, -0.15) is 10.1 Å². The number of nitriles is 1. The first kappa shape index (κ1) is 34.5. The zero-order chi connectivity index (χ0) is 32.9. The lowest BCUT2D eigenvalue weighted by Crippen LogP contribution is -2.60. The molecule has 1 aromatic heterocycles. The van der Waals surface area contributed by atoms with Crippen LogP contribution in [0.5, 0.6) is 0 Å². The minimum Gasteiger partial charge on any atom is -0.309 e. The molecular formula is C36H58N6O2. The van der Waals surface area contributed by atoms with Gasteiger partial charge in [0.15, 0.2) is 11.6 Å². The van der Waals surface area contributed by atoms with Crippen molar-refractivity contribution in [3.63, 3.8) is 0 Å². The molecule has 1 N–H and O–H groups in total. The highest BCUT2D eigenvalue weighted by atomic mass is 16.1. The van der Waals surface area contributed by atoms with Gasteiger partial charge in [-0.1, -0.05) is 68.4 Å². The van der Waals surface area contributed by atoms with Gasteiger partial charge in [0.05, 0.1) is 19.2 Å². The monoisotopic (exact) mass is 606 g/mol. The van der Waals surface area contributed by atoms with Crippen LogP contribution in [0.2, 0.25) is 0 Å². The van der Waals surface area contributed by atoms with Crippen molar-refractivity contribution in [3.8, 4) is 6.07 Å². The number of nitrogens with one attached hydrogen (secondary N) is 1. The molecule has 0 spiro atoms. The Kier molecular flexibility index (Phi) is 9.21. The first-order chi connectivity index (χ1) is 20.2. The van der Waals surface area contributed by atoms with Gasteiger partial charge < -0.3 is 10.1 Å². The summed E-state index contributed by atoms with van der Waals surface area (Å²) < 4.78 is 0. The maximum absolute atomic E-state index is 13.4. The van der Waals surface area contributed by atoms with E-state index in [2.05, 4.69) is 75.3 Å². The molecule has 1 unspecified atom stereocenters. The molecule has 44 heavy (non-hydrogen) atoms. The van der Waals surface area contributed by atoms with Crippen LogP contribution < -0.4 is 5.32 Å². The summed E-state index contributed by atoms with van der Waals surface area (Å²) in [4.78, 5) is 27.8. The Morgan fingerprint density at radius 1 is 1.16 bits per heavy atom. The standard InChI is InChI=1S/C36H58N6O2/c1-24-19-31(3,4)14-16-36(24,23-38-22-29-39-41-42(11)40-29)17-15-32(5,6)35(10)13-12-27-33(7,8)30(44)26(21-37)20-34(27,9)28(35)18-25(2)43/h20,24,27-28,38H,12-19,22-23H2,1-11H3/t24?,27-,28+,34-,35+,36+/m0/s1. The summed E-state index contributed by atoms with van der Waals surface area (Å²) >= 11 is 0. The second-order valence-electron chi connectivity index (χ2n) is 17.4. The average Bonchev–Trinajstić information content (AvgIpc) is 3.33. The van der Waals surface area contributed by atoms with Crippen LogP contribution in [0.4, 0.5) is 0 Å². The molecule has 6 atom stereocenters. The van der Waals surface area contributed by atoms with E-state index >= 15 is 0 Å². The molecule has 0 amide bonds. The highest BCUT2D eigenvalue weighted by Crippen LogP contribution is 2.68. The van der Waals surface area contributed by atoms with Gasteiger partial charge in [-0.05, 0) is 102 Å². The van der Waals surface area contributed by atoms with Crippen molar-refractivity contribution in [1.29, 1.82) is 5.26 Å². The Morgan fingerprint density at radius 3 is 2.41 bits per heavy atom. The van der Waals surface area contributed by atoms with Crippen LogP contribution >= 0.6 is 0 Å². The number of aromatic nitrogens is 4. The zero-order valence-corrected chi connectivity index (χ0v) is 29.4. The van der Waals surface area contributed by atoms with Gasteiger partial charge in [0.25, 0.3) is 0 Å². The van der Waals surface area contributed by atoms with E-state index in [9.17, 15) is 14.9 Å². The molecule has 0 saturated heterocycles. The summed E-state index contributed by atoms with van der Waals surface area (Å²) in [6.45, 7) is 24.0. The number of fused-ring (bicyclic) bond motifs is 1. The lowest BCUT2D eigenvalue weighted by molar-refractivity contribution is -0.156. The first-order valence-electron chi connectivity index (χ1n) is 16.8. The van der Waals surface area contributed by atoms with Crippen molar-refractivity contribution >= 4 is 11.6 Å². The molecule has 0 bridgehead atoms. The van der Waals surface area contributed by atoms with Gasteiger partial charge in [-0.25, -0.2) is 0 Å². The number of hydrogen-bond donors (Lipinski definition) is 1. The number of carbonyl (C=O) groups is 2. The van der Waals surface area contributed by atoms with Crippen LogP contribution in [-0.2, 0) is 23.2 Å². The normalized spacial score (nSPS) is 35.0. The predicted molar refractivity (Wildman–Crippen MR) is 173 cm³/mol. The molecule has 1 heterocycles. The summed E-state index contributed by atoms with van der Waals surface area (Å²) in [7, 11) is 1.79. The molecule has 3 aliphatic rings. The van der Waals surface area contributed by atoms with Gasteiger partial charge in [0, 0.05) is 18.4 Å². The Balaban J connectivity index is 1.65. The summed E-state index contributed by atoms with van der Waals surface area (Å²) in [5.74, 6) is 1.55. The second-order valence-corrected chi connectivity index (χ2v) is 17.4. The number of carbonyl (C=O) groups excluding carboxylic acids is 2. The molecule has 0 aliphatic heterocycles. The van der Waals surface area contributed by atoms with Crippen LogP contribution in [-0.4, -0.2) is 38.3 Å². The molecule has 2 saturated carbocycles. The quantitative estimate of drug-likeness (QED) is 0.305. The fourth-order valence-corrected chi connectivity index (χ4v) is 10.1. The van der Waals surface area contributed by atoms with Crippen molar-refractivity contribution in [3.05, 3.63) is 17.5 Å². The molecule has 8 nitrogen and oxygen atoms in total. The number of hydrogen-bond acceptors (Lipinski definition) is 7. The van der Waals surface area contributed by atoms with E-state index in [0.717, 1.165) is 38.1 Å². The largest absolute Gasteiger partial charge is 0.309 e. The van der Waals surface area contributed by atoms with Crippen molar-refractivity contribution in [2.45, 2.75) is 127 Å². The van der Waals surface area contributed by atoms with Crippen LogP contribution in [0.25, 0.3) is 0 Å². The van der Waals surface area contributed by atoms with Gasteiger partial charge in [-0.3, -0.25) is 4.79 Å². The Bertz CT molecular complexity index is 1330. The van der Waals surface area contributed by atoms with Crippen LogP contribution in [0, 0.1) is 61.6 Å². The van der Waals surface area contributed by atoms with Crippen molar-refractivity contribution in [2.24, 2.45) is 57.3 Å². The van der Waals surface area contributed by atoms with Crippen LogP contribution in [0.1, 0.15) is 126 Å². The van der Waals surface area contributed by atoms with Crippen molar-refractivity contribution in [1.82, 2.24) is 25.5 Å². The number of allylic oxidation sites excluding steroid dienone is 2. The van der Waals surface area contributed by atoms with E-state index in [0.29, 0.717) is 24.3 Å². The summed E-state index contributed by atoms with van der Waals surface area (Å²) in [5.41, 5.74) is -0.504. The van der Waals surface area contributed by atoms with E-state index in [4.69, 9.17) is 0 Å². The van der Waals surface area contributed by atoms with Crippen LogP contribution in [0.15, 0.2) is 11.6 Å². The number of tetrazole rings is 1. The molecule has 0 radical (unpaired) electrons.